The Hall–Kier alpha value is -1.16. The van der Waals surface area contributed by atoms with Gasteiger partial charge < -0.3 is 9.84 Å². The Bertz CT molecular complexity index is 726. The third-order valence-corrected chi connectivity index (χ3v) is 6.56. The Morgan fingerprint density at radius 1 is 1.43 bits per heavy atom. The van der Waals surface area contributed by atoms with E-state index in [1.54, 1.807) is 6.07 Å². The summed E-state index contributed by atoms with van der Waals surface area (Å²) in [7, 11) is -5.76. The van der Waals surface area contributed by atoms with Gasteiger partial charge in [-0.25, -0.2) is 21.6 Å². The van der Waals surface area contributed by atoms with Gasteiger partial charge in [0.1, 0.15) is 10.6 Å². The normalized spacial score (nSPS) is 21.3. The summed E-state index contributed by atoms with van der Waals surface area (Å²) in [6.07, 6.45) is 0.254. The summed E-state index contributed by atoms with van der Waals surface area (Å²) in [6.45, 7) is -0.301. The molecule has 1 atom stereocenters. The van der Waals surface area contributed by atoms with Crippen LogP contribution in [0.25, 0.3) is 0 Å². The smallest absolute Gasteiger partial charge is 0.244 e. The molecule has 9 heteroatoms. The maximum atomic E-state index is 12.4. The summed E-state index contributed by atoms with van der Waals surface area (Å²) in [4.78, 5) is -0.110. The van der Waals surface area contributed by atoms with Gasteiger partial charge in [0, 0.05) is 6.04 Å². The highest BCUT2D eigenvalue weighted by Gasteiger charge is 2.32. The van der Waals surface area contributed by atoms with E-state index in [-0.39, 0.29) is 35.2 Å². The van der Waals surface area contributed by atoms with Crippen LogP contribution < -0.4 is 9.46 Å². The highest BCUT2D eigenvalue weighted by molar-refractivity contribution is 7.92. The first-order valence-electron chi connectivity index (χ1n) is 6.28. The maximum absolute atomic E-state index is 12.4. The van der Waals surface area contributed by atoms with Gasteiger partial charge in [0.15, 0.2) is 9.84 Å². The molecule has 1 unspecified atom stereocenters. The van der Waals surface area contributed by atoms with Crippen molar-refractivity contribution in [2.24, 2.45) is 0 Å². The average Bonchev–Trinajstić information content (AvgIpc) is 2.76. The number of sulfonamides is 1. The zero-order chi connectivity index (χ0) is 15.7. The molecule has 0 bridgehead atoms. The van der Waals surface area contributed by atoms with E-state index >= 15 is 0 Å². The number of nitrogens with one attached hydrogen (secondary N) is 1. The van der Waals surface area contributed by atoms with Gasteiger partial charge in [-0.2, -0.15) is 0 Å². The summed E-state index contributed by atoms with van der Waals surface area (Å²) in [5.41, 5.74) is 0.426. The van der Waals surface area contributed by atoms with Gasteiger partial charge >= 0.3 is 0 Å². The van der Waals surface area contributed by atoms with Gasteiger partial charge in [0.25, 0.3) is 0 Å². The standard InChI is InChI=1S/C12H17NO6S2/c1-19-11-3-2-9(7-14)6-12(11)21(17,18)13-10-4-5-20(15,16)8-10/h2-3,6,10,13-14H,4-5,7-8H2,1H3. The summed E-state index contributed by atoms with van der Waals surface area (Å²) in [6, 6.07) is 3.68. The number of methoxy groups -OCH3 is 1. The molecular formula is C12H17NO6S2. The molecule has 0 radical (unpaired) electrons. The van der Waals surface area contributed by atoms with Crippen molar-refractivity contribution in [3.8, 4) is 5.75 Å². The minimum atomic E-state index is -3.92. The lowest BCUT2D eigenvalue weighted by molar-refractivity contribution is 0.281. The number of benzene rings is 1. The Morgan fingerprint density at radius 3 is 2.67 bits per heavy atom. The number of hydrogen-bond acceptors (Lipinski definition) is 6. The zero-order valence-corrected chi connectivity index (χ0v) is 13.1. The third-order valence-electron chi connectivity index (χ3n) is 3.25. The fourth-order valence-electron chi connectivity index (χ4n) is 2.20. The Balaban J connectivity index is 2.31. The molecule has 0 amide bonds. The topological polar surface area (TPSA) is 110 Å². The monoisotopic (exact) mass is 335 g/mol. The highest BCUT2D eigenvalue weighted by atomic mass is 32.2. The fourth-order valence-corrected chi connectivity index (χ4v) is 5.47. The number of aliphatic hydroxyl groups excluding tert-OH is 1. The van der Waals surface area contributed by atoms with Crippen molar-refractivity contribution < 1.29 is 26.7 Å². The second-order valence-electron chi connectivity index (χ2n) is 4.86. The molecule has 21 heavy (non-hydrogen) atoms. The Morgan fingerprint density at radius 2 is 2.14 bits per heavy atom. The van der Waals surface area contributed by atoms with E-state index in [1.807, 2.05) is 0 Å². The number of sulfone groups is 1. The van der Waals surface area contributed by atoms with Crippen LogP contribution in [0.4, 0.5) is 0 Å². The van der Waals surface area contributed by atoms with E-state index < -0.39 is 25.9 Å². The first-order valence-corrected chi connectivity index (χ1v) is 9.58. The van der Waals surface area contributed by atoms with Crippen molar-refractivity contribution in [3.05, 3.63) is 23.8 Å². The van der Waals surface area contributed by atoms with Crippen molar-refractivity contribution in [3.63, 3.8) is 0 Å². The lowest BCUT2D eigenvalue weighted by Crippen LogP contribution is -2.35. The molecule has 0 aromatic heterocycles. The van der Waals surface area contributed by atoms with Crippen LogP contribution in [0.2, 0.25) is 0 Å². The third kappa shape index (κ3) is 3.73. The molecule has 1 saturated heterocycles. The molecule has 1 fully saturated rings. The minimum Gasteiger partial charge on any atom is -0.495 e. The van der Waals surface area contributed by atoms with Crippen LogP contribution >= 0.6 is 0 Å². The van der Waals surface area contributed by atoms with Crippen molar-refractivity contribution in [1.29, 1.82) is 0 Å². The summed E-state index contributed by atoms with van der Waals surface area (Å²) < 4.78 is 54.9. The van der Waals surface area contributed by atoms with Crippen LogP contribution in [0.3, 0.4) is 0 Å². The summed E-state index contributed by atoms with van der Waals surface area (Å²) in [5.74, 6) is -0.0806. The van der Waals surface area contributed by atoms with Gasteiger partial charge in [-0.05, 0) is 24.1 Å². The molecule has 1 aromatic rings. The van der Waals surface area contributed by atoms with Gasteiger partial charge in [0.2, 0.25) is 10.0 Å². The highest BCUT2D eigenvalue weighted by Crippen LogP contribution is 2.26. The van der Waals surface area contributed by atoms with Crippen molar-refractivity contribution in [2.45, 2.75) is 24.0 Å². The molecule has 1 aromatic carbocycles. The quantitative estimate of drug-likeness (QED) is 0.761. The van der Waals surface area contributed by atoms with Gasteiger partial charge in [-0.1, -0.05) is 6.07 Å². The minimum absolute atomic E-state index is 0.0198. The van der Waals surface area contributed by atoms with Crippen molar-refractivity contribution in [2.75, 3.05) is 18.6 Å². The molecule has 0 saturated carbocycles. The van der Waals surface area contributed by atoms with Gasteiger partial charge in [0.05, 0.1) is 25.2 Å². The van der Waals surface area contributed by atoms with E-state index in [4.69, 9.17) is 9.84 Å². The molecule has 2 N–H and O–H groups in total. The van der Waals surface area contributed by atoms with E-state index in [9.17, 15) is 16.8 Å². The number of hydrogen-bond donors (Lipinski definition) is 2. The lowest BCUT2D eigenvalue weighted by atomic mass is 10.2. The fraction of sp³-hybridized carbons (Fsp3) is 0.500. The summed E-state index contributed by atoms with van der Waals surface area (Å²) >= 11 is 0. The number of rotatable bonds is 5. The molecule has 7 nitrogen and oxygen atoms in total. The van der Waals surface area contributed by atoms with Crippen molar-refractivity contribution >= 4 is 19.9 Å². The van der Waals surface area contributed by atoms with E-state index in [0.29, 0.717) is 5.56 Å². The first kappa shape index (κ1) is 16.2. The van der Waals surface area contributed by atoms with Gasteiger partial charge in [-0.3, -0.25) is 0 Å². The molecule has 118 valence electrons. The molecule has 0 spiro atoms. The second-order valence-corrected chi connectivity index (χ2v) is 8.78. The van der Waals surface area contributed by atoms with E-state index in [0.717, 1.165) is 0 Å². The van der Waals surface area contributed by atoms with Crippen LogP contribution in [0.5, 0.6) is 5.75 Å². The summed E-state index contributed by atoms with van der Waals surface area (Å²) in [5, 5.41) is 9.11. The Labute approximate surface area is 123 Å². The molecule has 2 rings (SSSR count). The number of ether oxygens (including phenoxy) is 1. The molecule has 1 aliphatic rings. The second kappa shape index (κ2) is 5.91. The maximum Gasteiger partial charge on any atom is 0.244 e. The molecule has 1 heterocycles. The zero-order valence-electron chi connectivity index (χ0n) is 11.4. The van der Waals surface area contributed by atoms with E-state index in [1.165, 1.54) is 19.2 Å². The van der Waals surface area contributed by atoms with Crippen molar-refractivity contribution in [1.82, 2.24) is 4.72 Å². The van der Waals surface area contributed by atoms with E-state index in [2.05, 4.69) is 4.72 Å². The van der Waals surface area contributed by atoms with Crippen LogP contribution in [0, 0.1) is 0 Å². The predicted octanol–water partition coefficient (Wildman–Crippen LogP) is -0.347. The van der Waals surface area contributed by atoms with Crippen LogP contribution in [-0.2, 0) is 26.5 Å². The molecule has 1 aliphatic heterocycles. The van der Waals surface area contributed by atoms with Crippen LogP contribution in [-0.4, -0.2) is 46.6 Å². The number of aliphatic hydroxyl groups is 1. The average molecular weight is 335 g/mol. The van der Waals surface area contributed by atoms with Gasteiger partial charge in [-0.15, -0.1) is 0 Å². The first-order chi connectivity index (χ1) is 9.77. The predicted molar refractivity (Wildman–Crippen MR) is 76.3 cm³/mol. The lowest BCUT2D eigenvalue weighted by Gasteiger charge is -2.14. The molecule has 0 aliphatic carbocycles. The largest absolute Gasteiger partial charge is 0.495 e. The SMILES string of the molecule is COc1ccc(CO)cc1S(=O)(=O)NC1CCS(=O)(=O)C1. The molecular weight excluding hydrogens is 318 g/mol. The van der Waals surface area contributed by atoms with Crippen LogP contribution in [0.1, 0.15) is 12.0 Å². The van der Waals surface area contributed by atoms with Crippen LogP contribution in [0.15, 0.2) is 23.1 Å². The Kier molecular flexibility index (Phi) is 4.57.